The number of nitrogens with zero attached hydrogens (tertiary/aromatic N) is 2. The molecule has 0 bridgehead atoms. The Hall–Kier alpha value is -3.39. The fourth-order valence-corrected chi connectivity index (χ4v) is 4.80. The highest BCUT2D eigenvalue weighted by Gasteiger charge is 2.38. The minimum Gasteiger partial charge on any atom is -0.478 e. The van der Waals surface area contributed by atoms with Crippen molar-refractivity contribution in [3.63, 3.8) is 0 Å². The number of aryl methyl sites for hydroxylation is 2. The van der Waals surface area contributed by atoms with Crippen molar-refractivity contribution < 1.29 is 23.7 Å². The van der Waals surface area contributed by atoms with Crippen LogP contribution in [0.5, 0.6) is 11.5 Å². The Morgan fingerprint density at radius 1 is 1.05 bits per heavy atom. The third-order valence-corrected chi connectivity index (χ3v) is 6.87. The van der Waals surface area contributed by atoms with Gasteiger partial charge in [0.2, 0.25) is 12.7 Å². The number of hydrogen-bond donors (Lipinski definition) is 1. The lowest BCUT2D eigenvalue weighted by Gasteiger charge is -2.27. The summed E-state index contributed by atoms with van der Waals surface area (Å²) in [6.45, 7) is 15.7. The average molecular weight is 536 g/mol. The van der Waals surface area contributed by atoms with Crippen LogP contribution in [0.2, 0.25) is 0 Å². The minimum atomic E-state index is -0.813. The number of carbonyl (C=O) groups excluding carboxylic acids is 1. The number of carbonyl (C=O) groups is 1. The lowest BCUT2D eigenvalue weighted by molar-refractivity contribution is -0.159. The van der Waals surface area contributed by atoms with Gasteiger partial charge in [-0.15, -0.1) is 5.10 Å². The molecule has 8 nitrogen and oxygen atoms in total. The zero-order valence-electron chi connectivity index (χ0n) is 24.2. The molecule has 1 N–H and O–H groups in total. The zero-order valence-corrected chi connectivity index (χ0v) is 24.2. The minimum absolute atomic E-state index is 0.138. The van der Waals surface area contributed by atoms with E-state index in [4.69, 9.17) is 18.9 Å². The van der Waals surface area contributed by atoms with Crippen LogP contribution in [-0.4, -0.2) is 50.2 Å². The molecule has 2 aliphatic rings. The first-order valence-corrected chi connectivity index (χ1v) is 13.7. The Balaban J connectivity index is 1.42. The van der Waals surface area contributed by atoms with Crippen LogP contribution in [-0.2, 0) is 20.7 Å². The van der Waals surface area contributed by atoms with Gasteiger partial charge in [0.05, 0.1) is 23.1 Å². The van der Waals surface area contributed by atoms with Gasteiger partial charge < -0.3 is 24.3 Å². The van der Waals surface area contributed by atoms with Gasteiger partial charge in [-0.3, -0.25) is 4.79 Å². The topological polar surface area (TPSA) is 90.7 Å². The lowest BCUT2D eigenvalue weighted by atomic mass is 9.85. The molecule has 0 saturated heterocycles. The fourth-order valence-electron chi connectivity index (χ4n) is 4.80. The van der Waals surface area contributed by atoms with Gasteiger partial charge in [-0.2, -0.15) is 5.10 Å². The molecule has 2 aromatic carbocycles. The molecule has 0 aromatic heterocycles. The number of rotatable bonds is 11. The normalized spacial score (nSPS) is 17.2. The Kier molecular flexibility index (Phi) is 8.95. The molecule has 2 aliphatic heterocycles. The summed E-state index contributed by atoms with van der Waals surface area (Å²) in [5.41, 5.74) is 4.67. The second-order valence-electron chi connectivity index (χ2n) is 11.5. The SMILES string of the molecule is Cc1cc(C)cc(C2=NN=C(OCC(C)(C)C(=O)OC(C)C)C2[C@H](C)CNCCc2ccc3c(c2)OCO3)c1. The summed E-state index contributed by atoms with van der Waals surface area (Å²) < 4.78 is 22.6. The molecule has 8 heteroatoms. The quantitative estimate of drug-likeness (QED) is 0.313. The van der Waals surface area contributed by atoms with E-state index in [9.17, 15) is 4.79 Å². The zero-order chi connectivity index (χ0) is 28.2. The molecule has 0 fully saturated rings. The van der Waals surface area contributed by atoms with Gasteiger partial charge in [0, 0.05) is 0 Å². The highest BCUT2D eigenvalue weighted by atomic mass is 16.7. The van der Waals surface area contributed by atoms with E-state index in [0.717, 1.165) is 42.3 Å². The third kappa shape index (κ3) is 7.18. The van der Waals surface area contributed by atoms with Crippen molar-refractivity contribution in [3.05, 3.63) is 58.7 Å². The molecular weight excluding hydrogens is 494 g/mol. The molecule has 0 aliphatic carbocycles. The molecule has 210 valence electrons. The lowest BCUT2D eigenvalue weighted by Crippen LogP contribution is -2.39. The number of nitrogens with one attached hydrogen (secondary N) is 1. The van der Waals surface area contributed by atoms with E-state index in [1.807, 2.05) is 39.8 Å². The van der Waals surface area contributed by atoms with Gasteiger partial charge in [0.15, 0.2) is 11.5 Å². The molecule has 0 saturated carbocycles. The summed E-state index contributed by atoms with van der Waals surface area (Å²) in [5, 5.41) is 12.6. The second kappa shape index (κ2) is 12.2. The van der Waals surface area contributed by atoms with Crippen LogP contribution >= 0.6 is 0 Å². The van der Waals surface area contributed by atoms with E-state index in [1.54, 1.807) is 0 Å². The van der Waals surface area contributed by atoms with Crippen LogP contribution in [0, 0.1) is 31.1 Å². The Morgan fingerprint density at radius 3 is 2.49 bits per heavy atom. The van der Waals surface area contributed by atoms with Crippen LogP contribution in [0.25, 0.3) is 0 Å². The molecule has 2 heterocycles. The average Bonchev–Trinajstić information content (AvgIpc) is 3.51. The van der Waals surface area contributed by atoms with Gasteiger partial charge in [-0.1, -0.05) is 42.3 Å². The maximum absolute atomic E-state index is 12.6. The molecule has 39 heavy (non-hydrogen) atoms. The number of fused-ring (bicyclic) bond motifs is 1. The van der Waals surface area contributed by atoms with E-state index >= 15 is 0 Å². The van der Waals surface area contributed by atoms with Crippen molar-refractivity contribution in [2.24, 2.45) is 27.5 Å². The van der Waals surface area contributed by atoms with Crippen molar-refractivity contribution in [1.82, 2.24) is 5.32 Å². The summed E-state index contributed by atoms with van der Waals surface area (Å²) >= 11 is 0. The molecule has 2 aromatic rings. The molecule has 0 spiro atoms. The first-order chi connectivity index (χ1) is 18.5. The van der Waals surface area contributed by atoms with E-state index < -0.39 is 5.41 Å². The highest BCUT2D eigenvalue weighted by Crippen LogP contribution is 2.33. The van der Waals surface area contributed by atoms with Crippen LogP contribution in [0.15, 0.2) is 46.6 Å². The summed E-state index contributed by atoms with van der Waals surface area (Å²) in [7, 11) is 0. The van der Waals surface area contributed by atoms with Crippen LogP contribution in [0.3, 0.4) is 0 Å². The Morgan fingerprint density at radius 2 is 1.77 bits per heavy atom. The number of esters is 1. The standard InChI is InChI=1S/C31H41N3O5/c1-19(2)39-30(35)31(6,7)17-36-29-27(28(33-34-29)24-13-20(3)12-21(4)14-24)22(5)16-32-11-10-23-8-9-25-26(15-23)38-18-37-25/h8-9,12-15,19,22,27,32H,10-11,16-18H2,1-7H3/t22-,27?/m1/s1. The van der Waals surface area contributed by atoms with E-state index in [0.29, 0.717) is 5.90 Å². The van der Waals surface area contributed by atoms with E-state index in [-0.39, 0.29) is 37.3 Å². The molecule has 2 atom stereocenters. The molecular formula is C31H41N3O5. The van der Waals surface area contributed by atoms with E-state index in [1.165, 1.54) is 16.7 Å². The summed E-state index contributed by atoms with van der Waals surface area (Å²) in [6.07, 6.45) is 0.687. The van der Waals surface area contributed by atoms with Crippen molar-refractivity contribution in [1.29, 1.82) is 0 Å². The van der Waals surface area contributed by atoms with E-state index in [2.05, 4.69) is 60.6 Å². The maximum atomic E-state index is 12.6. The summed E-state index contributed by atoms with van der Waals surface area (Å²) in [5.74, 6) is 1.86. The molecule has 0 amide bonds. The summed E-state index contributed by atoms with van der Waals surface area (Å²) in [4.78, 5) is 12.6. The first kappa shape index (κ1) is 28.6. The predicted octanol–water partition coefficient (Wildman–Crippen LogP) is 5.23. The maximum Gasteiger partial charge on any atom is 0.315 e. The Bertz CT molecular complexity index is 1230. The first-order valence-electron chi connectivity index (χ1n) is 13.7. The number of ether oxygens (including phenoxy) is 4. The second-order valence-corrected chi connectivity index (χ2v) is 11.5. The largest absolute Gasteiger partial charge is 0.478 e. The van der Waals surface area contributed by atoms with Crippen molar-refractivity contribution >= 4 is 17.6 Å². The van der Waals surface area contributed by atoms with Crippen LogP contribution < -0.4 is 14.8 Å². The Labute approximate surface area is 231 Å². The van der Waals surface area contributed by atoms with Gasteiger partial charge >= 0.3 is 5.97 Å². The number of benzene rings is 2. The van der Waals surface area contributed by atoms with Crippen molar-refractivity contribution in [2.45, 2.75) is 61.0 Å². The van der Waals surface area contributed by atoms with Crippen LogP contribution in [0.1, 0.15) is 56.9 Å². The van der Waals surface area contributed by atoms with Crippen molar-refractivity contribution in [3.8, 4) is 11.5 Å². The molecule has 1 unspecified atom stereocenters. The predicted molar refractivity (Wildman–Crippen MR) is 153 cm³/mol. The van der Waals surface area contributed by atoms with Gasteiger partial charge in [-0.25, -0.2) is 0 Å². The monoisotopic (exact) mass is 535 g/mol. The number of hydrogen-bond acceptors (Lipinski definition) is 8. The van der Waals surface area contributed by atoms with Crippen LogP contribution in [0.4, 0.5) is 0 Å². The molecule has 0 radical (unpaired) electrons. The van der Waals surface area contributed by atoms with Gasteiger partial charge in [0.25, 0.3) is 0 Å². The highest BCUT2D eigenvalue weighted by molar-refractivity contribution is 6.15. The third-order valence-electron chi connectivity index (χ3n) is 6.87. The smallest absolute Gasteiger partial charge is 0.315 e. The van der Waals surface area contributed by atoms with Gasteiger partial charge in [-0.05, 0) is 90.2 Å². The fraction of sp³-hybridized carbons (Fsp3) is 0.516. The van der Waals surface area contributed by atoms with Crippen molar-refractivity contribution in [2.75, 3.05) is 26.5 Å². The summed E-state index contributed by atoms with van der Waals surface area (Å²) in [6, 6.07) is 12.5. The molecule has 4 rings (SSSR count). The van der Waals surface area contributed by atoms with Gasteiger partial charge in [0.1, 0.15) is 6.61 Å².